The van der Waals surface area contributed by atoms with Gasteiger partial charge < -0.3 is 23.5 Å². The summed E-state index contributed by atoms with van der Waals surface area (Å²) in [5.41, 5.74) is 2.13. The van der Waals surface area contributed by atoms with Gasteiger partial charge in [0, 0.05) is 24.5 Å². The Bertz CT molecular complexity index is 1040. The number of hydrogen-bond donors (Lipinski definition) is 0. The van der Waals surface area contributed by atoms with Crippen molar-refractivity contribution in [1.82, 2.24) is 4.90 Å². The van der Waals surface area contributed by atoms with Crippen LogP contribution < -0.4 is 4.74 Å². The highest BCUT2D eigenvalue weighted by Gasteiger charge is 2.23. The van der Waals surface area contributed by atoms with Crippen LogP contribution >= 0.6 is 0 Å². The second-order valence-electron chi connectivity index (χ2n) is 7.44. The summed E-state index contributed by atoms with van der Waals surface area (Å²) in [5, 5.41) is 0.790. The van der Waals surface area contributed by atoms with Crippen molar-refractivity contribution in [3.63, 3.8) is 0 Å². The fraction of sp³-hybridized carbons (Fsp3) is 0.333. The molecule has 1 heterocycles. The molecule has 0 aliphatic heterocycles. The van der Waals surface area contributed by atoms with Crippen LogP contribution in [0.25, 0.3) is 11.0 Å². The third-order valence-electron chi connectivity index (χ3n) is 4.78. The highest BCUT2D eigenvalue weighted by molar-refractivity contribution is 5.96. The zero-order valence-electron chi connectivity index (χ0n) is 18.2. The maximum absolute atomic E-state index is 12.7. The summed E-state index contributed by atoms with van der Waals surface area (Å²) in [4.78, 5) is 26.6. The van der Waals surface area contributed by atoms with Crippen LogP contribution in [0.15, 0.2) is 52.9 Å². The van der Waals surface area contributed by atoms with E-state index in [1.54, 1.807) is 20.2 Å². The van der Waals surface area contributed by atoms with E-state index >= 15 is 0 Å². The average molecular weight is 425 g/mol. The Balaban J connectivity index is 1.64. The predicted octanol–water partition coefficient (Wildman–Crippen LogP) is 4.18. The Labute approximate surface area is 181 Å². The fourth-order valence-corrected chi connectivity index (χ4v) is 3.05. The van der Waals surface area contributed by atoms with E-state index in [0.29, 0.717) is 17.7 Å². The molecule has 7 heteroatoms. The topological polar surface area (TPSA) is 78.2 Å². The van der Waals surface area contributed by atoms with Gasteiger partial charge in [-0.05, 0) is 37.6 Å². The van der Waals surface area contributed by atoms with Gasteiger partial charge in [-0.2, -0.15) is 0 Å². The number of hydrogen-bond acceptors (Lipinski definition) is 6. The lowest BCUT2D eigenvalue weighted by Crippen LogP contribution is -2.30. The molecule has 0 aliphatic rings. The predicted molar refractivity (Wildman–Crippen MR) is 116 cm³/mol. The maximum Gasteiger partial charge on any atom is 0.375 e. The molecule has 0 aliphatic carbocycles. The van der Waals surface area contributed by atoms with Gasteiger partial charge in [-0.25, -0.2) is 4.79 Å². The first-order valence-electron chi connectivity index (χ1n) is 10.0. The first kappa shape index (κ1) is 22.4. The van der Waals surface area contributed by atoms with E-state index in [1.807, 2.05) is 56.3 Å². The van der Waals surface area contributed by atoms with Crippen molar-refractivity contribution in [1.29, 1.82) is 0 Å². The molecule has 2 aromatic carbocycles. The van der Waals surface area contributed by atoms with E-state index < -0.39 is 5.97 Å². The quantitative estimate of drug-likeness (QED) is 0.479. The zero-order valence-corrected chi connectivity index (χ0v) is 18.2. The number of benzene rings is 2. The highest BCUT2D eigenvalue weighted by atomic mass is 16.5. The first-order valence-corrected chi connectivity index (χ1v) is 10.0. The molecule has 1 amide bonds. The number of methoxy groups -OCH3 is 1. The SMILES string of the molecule is COc1ccc(CN(C)C(=O)COC(=O)c2oc3ccccc3c2COC(C)C)cc1. The van der Waals surface area contributed by atoms with Crippen LogP contribution in [0.5, 0.6) is 5.75 Å². The molecule has 0 atom stereocenters. The van der Waals surface area contributed by atoms with Crippen LogP contribution in [-0.2, 0) is 27.4 Å². The van der Waals surface area contributed by atoms with E-state index in [4.69, 9.17) is 18.6 Å². The minimum atomic E-state index is -0.690. The molecule has 0 unspecified atom stereocenters. The number of furan rings is 1. The number of carbonyl (C=O) groups excluding carboxylic acids is 2. The summed E-state index contributed by atoms with van der Waals surface area (Å²) in [6, 6.07) is 14.7. The largest absolute Gasteiger partial charge is 0.497 e. The van der Waals surface area contributed by atoms with Gasteiger partial charge in [-0.3, -0.25) is 4.79 Å². The molecule has 7 nitrogen and oxygen atoms in total. The average Bonchev–Trinajstić information content (AvgIpc) is 3.15. The highest BCUT2D eigenvalue weighted by Crippen LogP contribution is 2.27. The Hall–Kier alpha value is -3.32. The molecule has 31 heavy (non-hydrogen) atoms. The van der Waals surface area contributed by atoms with Crippen LogP contribution in [0.3, 0.4) is 0 Å². The number of fused-ring (bicyclic) bond motifs is 1. The standard InChI is InChI=1S/C24H27NO6/c1-16(2)29-14-20-19-7-5-6-8-21(19)31-23(20)24(27)30-15-22(26)25(3)13-17-9-11-18(28-4)12-10-17/h5-12,16H,13-15H2,1-4H3. The summed E-state index contributed by atoms with van der Waals surface area (Å²) in [6.45, 7) is 4.05. The van der Waals surface area contributed by atoms with Crippen LogP contribution in [0.1, 0.15) is 35.5 Å². The van der Waals surface area contributed by atoms with Crippen molar-refractivity contribution in [2.24, 2.45) is 0 Å². The van der Waals surface area contributed by atoms with Gasteiger partial charge in [0.15, 0.2) is 6.61 Å². The lowest BCUT2D eigenvalue weighted by Gasteiger charge is -2.17. The smallest absolute Gasteiger partial charge is 0.375 e. The number of amides is 1. The van der Waals surface area contributed by atoms with Gasteiger partial charge in [0.2, 0.25) is 5.76 Å². The molecule has 0 radical (unpaired) electrons. The molecule has 0 fully saturated rings. The molecule has 3 aromatic rings. The number of para-hydroxylation sites is 1. The normalized spacial score (nSPS) is 11.0. The van der Waals surface area contributed by atoms with Crippen LogP contribution in [0.4, 0.5) is 0 Å². The number of likely N-dealkylation sites (N-methyl/N-ethyl adjacent to an activating group) is 1. The molecule has 1 aromatic heterocycles. The number of rotatable bonds is 9. The van der Waals surface area contributed by atoms with Gasteiger partial charge in [-0.1, -0.05) is 30.3 Å². The molecule has 164 valence electrons. The molecule has 0 spiro atoms. The molecular formula is C24H27NO6. The Kier molecular flexibility index (Phi) is 7.31. The van der Waals surface area contributed by atoms with E-state index in [1.165, 1.54) is 4.90 Å². The van der Waals surface area contributed by atoms with Gasteiger partial charge >= 0.3 is 5.97 Å². The molecular weight excluding hydrogens is 398 g/mol. The monoisotopic (exact) mass is 425 g/mol. The molecule has 0 bridgehead atoms. The van der Waals surface area contributed by atoms with Gasteiger partial charge in [-0.15, -0.1) is 0 Å². The van der Waals surface area contributed by atoms with Crippen molar-refractivity contribution in [3.8, 4) is 5.75 Å². The second kappa shape index (κ2) is 10.1. The van der Waals surface area contributed by atoms with E-state index in [-0.39, 0.29) is 31.0 Å². The summed E-state index contributed by atoms with van der Waals surface area (Å²) in [5.74, 6) is -0.202. The summed E-state index contributed by atoms with van der Waals surface area (Å²) in [6.07, 6.45) is -0.00860. The van der Waals surface area contributed by atoms with Crippen molar-refractivity contribution in [2.75, 3.05) is 20.8 Å². The third-order valence-corrected chi connectivity index (χ3v) is 4.78. The molecule has 3 rings (SSSR count). The summed E-state index contributed by atoms with van der Waals surface area (Å²) in [7, 11) is 3.25. The molecule has 0 saturated carbocycles. The van der Waals surface area contributed by atoms with Gasteiger partial charge in [0.1, 0.15) is 11.3 Å². The minimum Gasteiger partial charge on any atom is -0.497 e. The summed E-state index contributed by atoms with van der Waals surface area (Å²) < 4.78 is 21.8. The molecule has 0 N–H and O–H groups in total. The van der Waals surface area contributed by atoms with E-state index in [0.717, 1.165) is 16.7 Å². The number of carbonyl (C=O) groups is 2. The van der Waals surface area contributed by atoms with Crippen LogP contribution in [0.2, 0.25) is 0 Å². The third kappa shape index (κ3) is 5.64. The van der Waals surface area contributed by atoms with Gasteiger partial charge in [0.25, 0.3) is 5.91 Å². The van der Waals surface area contributed by atoms with Crippen molar-refractivity contribution >= 4 is 22.8 Å². The lowest BCUT2D eigenvalue weighted by molar-refractivity contribution is -0.133. The Morgan fingerprint density at radius 1 is 1.06 bits per heavy atom. The van der Waals surface area contributed by atoms with Crippen LogP contribution in [-0.4, -0.2) is 43.6 Å². The van der Waals surface area contributed by atoms with Crippen molar-refractivity contribution in [2.45, 2.75) is 33.1 Å². The van der Waals surface area contributed by atoms with Crippen molar-refractivity contribution < 1.29 is 28.2 Å². The number of nitrogens with zero attached hydrogens (tertiary/aromatic N) is 1. The summed E-state index contributed by atoms with van der Waals surface area (Å²) >= 11 is 0. The van der Waals surface area contributed by atoms with Crippen molar-refractivity contribution in [3.05, 3.63) is 65.4 Å². The fourth-order valence-electron chi connectivity index (χ4n) is 3.05. The van der Waals surface area contributed by atoms with Crippen LogP contribution in [0, 0.1) is 0 Å². The van der Waals surface area contributed by atoms with E-state index in [9.17, 15) is 9.59 Å². The lowest BCUT2D eigenvalue weighted by atomic mass is 10.1. The second-order valence-corrected chi connectivity index (χ2v) is 7.44. The molecule has 0 saturated heterocycles. The Morgan fingerprint density at radius 2 is 1.77 bits per heavy atom. The number of ether oxygens (including phenoxy) is 3. The Morgan fingerprint density at radius 3 is 2.45 bits per heavy atom. The zero-order chi connectivity index (χ0) is 22.4. The first-order chi connectivity index (χ1) is 14.9. The maximum atomic E-state index is 12.7. The minimum absolute atomic E-state index is 0.00860. The number of esters is 1. The van der Waals surface area contributed by atoms with E-state index in [2.05, 4.69) is 0 Å². The van der Waals surface area contributed by atoms with Gasteiger partial charge in [0.05, 0.1) is 19.8 Å².